The molecule has 4 heterocycles. The molecule has 1 saturated heterocycles. The smallest absolute Gasteiger partial charge is 0.270 e. The van der Waals surface area contributed by atoms with E-state index in [4.69, 9.17) is 0 Å². The zero-order valence-electron chi connectivity index (χ0n) is 19.7. The lowest BCUT2D eigenvalue weighted by Crippen LogP contribution is -2.47. The number of benzene rings is 1. The maximum atomic E-state index is 12.9. The van der Waals surface area contributed by atoms with Crippen LogP contribution in [0.1, 0.15) is 35.8 Å². The SMILES string of the molecule is CC(C)c1ccnc(-c2ccnc(Nc3ccc4[nH]c(C(=O)N5CCN(C)CC5)cc4c3)n2)c1. The number of carbonyl (C=O) groups is 1. The molecule has 0 spiro atoms. The van der Waals surface area contributed by atoms with E-state index in [2.05, 4.69) is 57.1 Å². The first-order chi connectivity index (χ1) is 16.5. The number of pyridine rings is 1. The molecular weight excluding hydrogens is 426 g/mol. The van der Waals surface area contributed by atoms with Crippen LogP contribution in [0, 0.1) is 0 Å². The Hall–Kier alpha value is -3.78. The minimum Gasteiger partial charge on any atom is -0.351 e. The Balaban J connectivity index is 1.35. The molecule has 1 aliphatic rings. The molecule has 8 nitrogen and oxygen atoms in total. The molecular formula is C26H29N7O. The number of fused-ring (bicyclic) bond motifs is 1. The summed E-state index contributed by atoms with van der Waals surface area (Å²) in [5.41, 5.74) is 5.20. The van der Waals surface area contributed by atoms with Gasteiger partial charge in [0.25, 0.3) is 5.91 Å². The Morgan fingerprint density at radius 2 is 1.76 bits per heavy atom. The monoisotopic (exact) mass is 455 g/mol. The summed E-state index contributed by atoms with van der Waals surface area (Å²) in [7, 11) is 2.08. The minimum atomic E-state index is 0.0472. The number of nitrogens with one attached hydrogen (secondary N) is 2. The maximum Gasteiger partial charge on any atom is 0.270 e. The second-order valence-electron chi connectivity index (χ2n) is 9.10. The number of nitrogens with zero attached hydrogens (tertiary/aromatic N) is 5. The molecule has 0 saturated carbocycles. The Morgan fingerprint density at radius 1 is 0.971 bits per heavy atom. The largest absolute Gasteiger partial charge is 0.351 e. The van der Waals surface area contributed by atoms with Crippen molar-refractivity contribution < 1.29 is 4.79 Å². The first-order valence-corrected chi connectivity index (χ1v) is 11.6. The molecule has 1 aliphatic heterocycles. The molecule has 1 fully saturated rings. The van der Waals surface area contributed by atoms with Crippen LogP contribution in [0.5, 0.6) is 0 Å². The molecule has 0 atom stereocenters. The van der Waals surface area contributed by atoms with Gasteiger partial charge in [-0.1, -0.05) is 13.8 Å². The van der Waals surface area contributed by atoms with Gasteiger partial charge in [-0.15, -0.1) is 0 Å². The average molecular weight is 456 g/mol. The number of piperazine rings is 1. The number of amides is 1. The molecule has 3 aromatic heterocycles. The van der Waals surface area contributed by atoms with Gasteiger partial charge < -0.3 is 20.1 Å². The zero-order chi connectivity index (χ0) is 23.7. The van der Waals surface area contributed by atoms with Crippen molar-refractivity contribution in [2.45, 2.75) is 19.8 Å². The summed E-state index contributed by atoms with van der Waals surface area (Å²) in [4.78, 5) is 33.9. The van der Waals surface area contributed by atoms with Crippen molar-refractivity contribution in [2.75, 3.05) is 38.5 Å². The molecule has 0 bridgehead atoms. The number of hydrogen-bond donors (Lipinski definition) is 2. The van der Waals surface area contributed by atoms with Crippen LogP contribution in [-0.4, -0.2) is 68.9 Å². The van der Waals surface area contributed by atoms with Crippen LogP contribution in [0.25, 0.3) is 22.3 Å². The summed E-state index contributed by atoms with van der Waals surface area (Å²) in [6.07, 6.45) is 3.55. The minimum absolute atomic E-state index is 0.0472. The van der Waals surface area contributed by atoms with E-state index in [-0.39, 0.29) is 5.91 Å². The van der Waals surface area contributed by atoms with E-state index in [1.807, 2.05) is 47.5 Å². The topological polar surface area (TPSA) is 90.0 Å². The Bertz CT molecular complexity index is 1320. The molecule has 5 rings (SSSR count). The number of carbonyl (C=O) groups excluding carboxylic acids is 1. The molecule has 174 valence electrons. The third-order valence-corrected chi connectivity index (χ3v) is 6.27. The summed E-state index contributed by atoms with van der Waals surface area (Å²) in [5, 5.41) is 4.25. The molecule has 0 aliphatic carbocycles. The van der Waals surface area contributed by atoms with Crippen LogP contribution in [0.3, 0.4) is 0 Å². The van der Waals surface area contributed by atoms with Gasteiger partial charge in [-0.3, -0.25) is 9.78 Å². The second kappa shape index (κ2) is 9.23. The molecule has 8 heteroatoms. The van der Waals surface area contributed by atoms with Gasteiger partial charge in [-0.2, -0.15) is 0 Å². The van der Waals surface area contributed by atoms with E-state index in [1.54, 1.807) is 6.20 Å². The normalized spacial score (nSPS) is 14.6. The van der Waals surface area contributed by atoms with Crippen LogP contribution in [0.2, 0.25) is 0 Å². The van der Waals surface area contributed by atoms with E-state index in [9.17, 15) is 4.79 Å². The first-order valence-electron chi connectivity index (χ1n) is 11.6. The molecule has 34 heavy (non-hydrogen) atoms. The van der Waals surface area contributed by atoms with Gasteiger partial charge in [0.1, 0.15) is 5.69 Å². The molecule has 0 radical (unpaired) electrons. The fourth-order valence-corrected chi connectivity index (χ4v) is 4.14. The van der Waals surface area contributed by atoms with E-state index < -0.39 is 0 Å². The third-order valence-electron chi connectivity index (χ3n) is 6.27. The Labute approximate surface area is 199 Å². The highest BCUT2D eigenvalue weighted by molar-refractivity contribution is 5.98. The van der Waals surface area contributed by atoms with Gasteiger partial charge in [0.05, 0.1) is 11.4 Å². The van der Waals surface area contributed by atoms with Gasteiger partial charge in [0.2, 0.25) is 5.95 Å². The number of aromatic nitrogens is 4. The number of anilines is 2. The van der Waals surface area contributed by atoms with E-state index in [0.29, 0.717) is 17.6 Å². The van der Waals surface area contributed by atoms with Crippen molar-refractivity contribution in [3.05, 3.63) is 66.1 Å². The summed E-state index contributed by atoms with van der Waals surface area (Å²) < 4.78 is 0. The van der Waals surface area contributed by atoms with Gasteiger partial charge in [0, 0.05) is 55.2 Å². The Morgan fingerprint density at radius 3 is 2.56 bits per heavy atom. The molecule has 4 aromatic rings. The van der Waals surface area contributed by atoms with Gasteiger partial charge >= 0.3 is 0 Å². The maximum absolute atomic E-state index is 12.9. The number of H-pyrrole nitrogens is 1. The fraction of sp³-hybridized carbons (Fsp3) is 0.308. The molecule has 0 unspecified atom stereocenters. The van der Waals surface area contributed by atoms with Crippen molar-refractivity contribution in [2.24, 2.45) is 0 Å². The lowest BCUT2D eigenvalue weighted by molar-refractivity contribution is 0.0659. The Kier molecular flexibility index (Phi) is 5.98. The predicted octanol–water partition coefficient (Wildman–Crippen LogP) is 4.27. The quantitative estimate of drug-likeness (QED) is 0.467. The van der Waals surface area contributed by atoms with Crippen molar-refractivity contribution >= 4 is 28.4 Å². The first kappa shape index (κ1) is 22.0. The van der Waals surface area contributed by atoms with Crippen LogP contribution in [0.15, 0.2) is 54.9 Å². The van der Waals surface area contributed by atoms with Crippen molar-refractivity contribution in [1.29, 1.82) is 0 Å². The highest BCUT2D eigenvalue weighted by Gasteiger charge is 2.21. The second-order valence-corrected chi connectivity index (χ2v) is 9.10. The highest BCUT2D eigenvalue weighted by Crippen LogP contribution is 2.25. The van der Waals surface area contributed by atoms with E-state index >= 15 is 0 Å². The lowest BCUT2D eigenvalue weighted by Gasteiger charge is -2.32. The van der Waals surface area contributed by atoms with Gasteiger partial charge in [-0.25, -0.2) is 9.97 Å². The molecule has 1 amide bonds. The standard InChI is InChI=1S/C26H29N7O/c1-17(2)18-6-8-27-23(15-18)22-7-9-28-26(31-22)29-20-4-5-21-19(14-20)16-24(30-21)25(34)33-12-10-32(3)11-13-33/h4-9,14-17,30H,10-13H2,1-3H3,(H,28,29,31). The van der Waals surface area contributed by atoms with E-state index in [0.717, 1.165) is 54.2 Å². The summed E-state index contributed by atoms with van der Waals surface area (Å²) >= 11 is 0. The van der Waals surface area contributed by atoms with Crippen LogP contribution in [0.4, 0.5) is 11.6 Å². The molecule has 2 N–H and O–H groups in total. The summed E-state index contributed by atoms with van der Waals surface area (Å²) in [6, 6.07) is 13.8. The zero-order valence-corrected chi connectivity index (χ0v) is 19.7. The summed E-state index contributed by atoms with van der Waals surface area (Å²) in [5.74, 6) is 0.964. The molecule has 1 aromatic carbocycles. The highest BCUT2D eigenvalue weighted by atomic mass is 16.2. The third kappa shape index (κ3) is 4.63. The van der Waals surface area contributed by atoms with Crippen molar-refractivity contribution in [1.82, 2.24) is 29.7 Å². The number of aromatic amines is 1. The fourth-order valence-electron chi connectivity index (χ4n) is 4.14. The van der Waals surface area contributed by atoms with Crippen molar-refractivity contribution in [3.8, 4) is 11.4 Å². The lowest BCUT2D eigenvalue weighted by atomic mass is 10.0. The van der Waals surface area contributed by atoms with Crippen LogP contribution in [-0.2, 0) is 0 Å². The van der Waals surface area contributed by atoms with Gasteiger partial charge in [-0.05, 0) is 61.0 Å². The van der Waals surface area contributed by atoms with Gasteiger partial charge in [0.15, 0.2) is 0 Å². The van der Waals surface area contributed by atoms with E-state index in [1.165, 1.54) is 5.56 Å². The van der Waals surface area contributed by atoms with Crippen LogP contribution >= 0.6 is 0 Å². The number of likely N-dealkylation sites (N-methyl/N-ethyl adjacent to an activating group) is 1. The number of rotatable bonds is 5. The number of hydrogen-bond acceptors (Lipinski definition) is 6. The summed E-state index contributed by atoms with van der Waals surface area (Å²) in [6.45, 7) is 7.62. The van der Waals surface area contributed by atoms with Crippen molar-refractivity contribution in [3.63, 3.8) is 0 Å². The average Bonchev–Trinajstić information content (AvgIpc) is 3.28. The predicted molar refractivity (Wildman–Crippen MR) is 134 cm³/mol. The van der Waals surface area contributed by atoms with Crippen LogP contribution < -0.4 is 5.32 Å².